The smallest absolute Gasteiger partial charge is 0.408 e. The van der Waals surface area contributed by atoms with Crippen molar-refractivity contribution in [3.63, 3.8) is 0 Å². The molecule has 2 amide bonds. The lowest BCUT2D eigenvalue weighted by Crippen LogP contribution is -2.57. The number of nitrogens with zero attached hydrogens (tertiary/aromatic N) is 3. The van der Waals surface area contributed by atoms with Crippen LogP contribution in [0.5, 0.6) is 11.6 Å². The van der Waals surface area contributed by atoms with Crippen LogP contribution in [-0.4, -0.2) is 76.8 Å². The Morgan fingerprint density at radius 3 is 2.45 bits per heavy atom. The van der Waals surface area contributed by atoms with Gasteiger partial charge in [0.15, 0.2) is 5.78 Å². The minimum absolute atomic E-state index is 0.0703. The van der Waals surface area contributed by atoms with Crippen molar-refractivity contribution < 1.29 is 41.8 Å². The van der Waals surface area contributed by atoms with E-state index in [4.69, 9.17) is 19.2 Å². The van der Waals surface area contributed by atoms with Crippen molar-refractivity contribution in [1.29, 1.82) is 0 Å². The second kappa shape index (κ2) is 12.0. The van der Waals surface area contributed by atoms with E-state index in [9.17, 15) is 27.6 Å². The number of hydrogen-bond acceptors (Lipinski definition) is 8. The van der Waals surface area contributed by atoms with Crippen LogP contribution in [0, 0.1) is 17.3 Å². The number of aryl methyl sites for hydroxylation is 1. The normalized spacial score (nSPS) is 28.5. The lowest BCUT2D eigenvalue weighted by atomic mass is 9.85. The molecule has 0 radical (unpaired) electrons. The van der Waals surface area contributed by atoms with Gasteiger partial charge < -0.3 is 24.4 Å². The molecule has 1 N–H and O–H groups in total. The van der Waals surface area contributed by atoms with Crippen LogP contribution in [0.3, 0.4) is 0 Å². The highest BCUT2D eigenvalue weighted by molar-refractivity contribution is 5.92. The third-order valence-electron chi connectivity index (χ3n) is 8.68. The summed E-state index contributed by atoms with van der Waals surface area (Å²) in [5.74, 6) is -3.36. The predicted molar refractivity (Wildman–Crippen MR) is 153 cm³/mol. The monoisotopic (exact) mass is 620 g/mol. The molecule has 1 aromatic carbocycles. The Balaban J connectivity index is 1.58. The standard InChI is InChI=1S/C31H39F3N4O6/c1-16(39)25-24(31(32,33)34)23-15-38(25)28(40)26(30(2,3)4)37-29(41)44-22-13-17(22)9-7-6-8-10-20-27(43-23)36-21-14-18(42-5)11-12-19(21)35-20/h11-12,14,17,22-26H,6-10,13,15H2,1-5H3,(H,37,41)/t17-,22-,23+,24-,25-,26-/m1/s1. The Labute approximate surface area is 254 Å². The summed E-state index contributed by atoms with van der Waals surface area (Å²) < 4.78 is 61.1. The zero-order valence-corrected chi connectivity index (χ0v) is 25.6. The number of carbonyl (C=O) groups is 3. The van der Waals surface area contributed by atoms with Gasteiger partial charge in [-0.25, -0.2) is 14.8 Å². The van der Waals surface area contributed by atoms with E-state index in [1.165, 1.54) is 7.11 Å². The highest BCUT2D eigenvalue weighted by Gasteiger charge is 2.61. The summed E-state index contributed by atoms with van der Waals surface area (Å²) >= 11 is 0. The van der Waals surface area contributed by atoms with Crippen LogP contribution in [0.25, 0.3) is 11.0 Å². The van der Waals surface area contributed by atoms with E-state index >= 15 is 0 Å². The van der Waals surface area contributed by atoms with Gasteiger partial charge in [0, 0.05) is 6.07 Å². The van der Waals surface area contributed by atoms with Gasteiger partial charge in [0.1, 0.15) is 41.7 Å². The number of rotatable bonds is 2. The van der Waals surface area contributed by atoms with E-state index in [0.717, 1.165) is 31.1 Å². The van der Waals surface area contributed by atoms with Crippen molar-refractivity contribution in [3.05, 3.63) is 23.9 Å². The van der Waals surface area contributed by atoms with Gasteiger partial charge in [-0.3, -0.25) is 9.59 Å². The molecule has 1 aromatic heterocycles. The first-order chi connectivity index (χ1) is 20.7. The van der Waals surface area contributed by atoms with Crippen LogP contribution >= 0.6 is 0 Å². The molecule has 0 unspecified atom stereocenters. The maximum Gasteiger partial charge on any atom is 0.408 e. The number of aromatic nitrogens is 2. The first-order valence-corrected chi connectivity index (χ1v) is 15.0. The number of benzene rings is 1. The molecule has 2 aliphatic heterocycles. The molecule has 3 heterocycles. The van der Waals surface area contributed by atoms with Crippen molar-refractivity contribution in [3.8, 4) is 11.6 Å². The number of alkyl carbamates (subject to hydrolysis) is 1. The van der Waals surface area contributed by atoms with E-state index in [1.807, 2.05) is 0 Å². The number of methoxy groups -OCH3 is 1. The van der Waals surface area contributed by atoms with Crippen molar-refractivity contribution in [2.45, 2.75) is 96.7 Å². The van der Waals surface area contributed by atoms with E-state index < -0.39 is 60.0 Å². The quantitative estimate of drug-likeness (QED) is 0.498. The number of fused-ring (bicyclic) bond motifs is 5. The number of Topliss-reactive ketones (excluding diaryl/α,β-unsaturated/α-hetero) is 1. The van der Waals surface area contributed by atoms with E-state index in [2.05, 4.69) is 10.3 Å². The molecule has 240 valence electrons. The van der Waals surface area contributed by atoms with Crippen LogP contribution < -0.4 is 14.8 Å². The Bertz CT molecular complexity index is 1430. The molecule has 1 aliphatic carbocycles. The molecule has 44 heavy (non-hydrogen) atoms. The lowest BCUT2D eigenvalue weighted by molar-refractivity contribution is -0.196. The summed E-state index contributed by atoms with van der Waals surface area (Å²) in [5, 5.41) is 2.59. The molecule has 2 aromatic rings. The van der Waals surface area contributed by atoms with Gasteiger partial charge in [-0.05, 0) is 56.1 Å². The van der Waals surface area contributed by atoms with Gasteiger partial charge in [0.25, 0.3) is 0 Å². The zero-order chi connectivity index (χ0) is 32.0. The molecule has 5 rings (SSSR count). The molecule has 2 bridgehead atoms. The minimum Gasteiger partial charge on any atom is -0.497 e. The fourth-order valence-corrected chi connectivity index (χ4v) is 6.25. The first kappa shape index (κ1) is 31.8. The van der Waals surface area contributed by atoms with Gasteiger partial charge in [0.05, 0.1) is 24.7 Å². The molecule has 10 nitrogen and oxygen atoms in total. The summed E-state index contributed by atoms with van der Waals surface area (Å²) in [4.78, 5) is 49.9. The molecule has 6 atom stereocenters. The molecular weight excluding hydrogens is 581 g/mol. The Morgan fingerprint density at radius 2 is 1.80 bits per heavy atom. The molecule has 13 heteroatoms. The highest BCUT2D eigenvalue weighted by atomic mass is 19.4. The van der Waals surface area contributed by atoms with Crippen LogP contribution in [0.15, 0.2) is 18.2 Å². The number of carbonyl (C=O) groups excluding carboxylic acids is 3. The molecule has 3 aliphatic rings. The summed E-state index contributed by atoms with van der Waals surface area (Å²) in [6, 6.07) is 1.95. The fourth-order valence-electron chi connectivity index (χ4n) is 6.25. The molecule has 2 fully saturated rings. The summed E-state index contributed by atoms with van der Waals surface area (Å²) in [7, 11) is 1.49. The summed E-state index contributed by atoms with van der Waals surface area (Å²) in [5.41, 5.74) is 0.401. The van der Waals surface area contributed by atoms with Crippen molar-refractivity contribution in [2.24, 2.45) is 17.3 Å². The van der Waals surface area contributed by atoms with Gasteiger partial charge in [-0.2, -0.15) is 13.2 Å². The Kier molecular flexibility index (Phi) is 8.69. The average Bonchev–Trinajstić information content (AvgIpc) is 3.53. The van der Waals surface area contributed by atoms with E-state index in [1.54, 1.807) is 39.0 Å². The fraction of sp³-hybridized carbons (Fsp3) is 0.645. The third-order valence-corrected chi connectivity index (χ3v) is 8.68. The highest BCUT2D eigenvalue weighted by Crippen LogP contribution is 2.43. The number of halogens is 3. The molecule has 1 saturated heterocycles. The maximum atomic E-state index is 14.7. The first-order valence-electron chi connectivity index (χ1n) is 15.0. The van der Waals surface area contributed by atoms with E-state index in [0.29, 0.717) is 41.7 Å². The van der Waals surface area contributed by atoms with Crippen LogP contribution in [0.1, 0.15) is 65.5 Å². The molecular formula is C31H39F3N4O6. The third kappa shape index (κ3) is 6.71. The lowest BCUT2D eigenvalue weighted by Gasteiger charge is -2.35. The number of ether oxygens (including phenoxy) is 3. The SMILES string of the molecule is COc1ccc2nc3c(nc2c1)O[C@H]1CN(C(=O)[C@H](C(C)(C)C)NC(=O)O[C@@H]2C[C@H]2CCCCC3)[C@H](C(C)=O)[C@@H]1C(F)(F)F. The maximum absolute atomic E-state index is 14.7. The van der Waals surface area contributed by atoms with Gasteiger partial charge in [0.2, 0.25) is 11.8 Å². The second-order valence-corrected chi connectivity index (χ2v) is 13.1. The Hall–Kier alpha value is -3.64. The van der Waals surface area contributed by atoms with Crippen molar-refractivity contribution in [2.75, 3.05) is 13.7 Å². The van der Waals surface area contributed by atoms with Crippen LogP contribution in [0.2, 0.25) is 0 Å². The number of nitrogens with one attached hydrogen (secondary N) is 1. The Morgan fingerprint density at radius 1 is 1.05 bits per heavy atom. The van der Waals surface area contributed by atoms with Gasteiger partial charge >= 0.3 is 12.3 Å². The van der Waals surface area contributed by atoms with Crippen LogP contribution in [0.4, 0.5) is 18.0 Å². The van der Waals surface area contributed by atoms with Gasteiger partial charge in [-0.1, -0.05) is 33.6 Å². The summed E-state index contributed by atoms with van der Waals surface area (Å²) in [6.07, 6.45) is -3.26. The number of alkyl halides is 3. The average molecular weight is 621 g/mol. The zero-order valence-electron chi connectivity index (χ0n) is 25.6. The van der Waals surface area contributed by atoms with Crippen LogP contribution in [-0.2, 0) is 20.7 Å². The topological polar surface area (TPSA) is 120 Å². The number of hydrogen-bond donors (Lipinski definition) is 1. The predicted octanol–water partition coefficient (Wildman–Crippen LogP) is 5.01. The van der Waals surface area contributed by atoms with Gasteiger partial charge in [-0.15, -0.1) is 0 Å². The van der Waals surface area contributed by atoms with Crippen molar-refractivity contribution >= 4 is 28.8 Å². The summed E-state index contributed by atoms with van der Waals surface area (Å²) in [6.45, 7) is 5.53. The van der Waals surface area contributed by atoms with E-state index in [-0.39, 0.29) is 17.9 Å². The minimum atomic E-state index is -4.90. The molecule has 1 saturated carbocycles. The molecule has 0 spiro atoms. The number of amides is 2. The van der Waals surface area contributed by atoms with Crippen molar-refractivity contribution in [1.82, 2.24) is 20.2 Å². The number of ketones is 1. The second-order valence-electron chi connectivity index (χ2n) is 13.1. The largest absolute Gasteiger partial charge is 0.497 e.